The van der Waals surface area contributed by atoms with Crippen LogP contribution in [0.2, 0.25) is 0 Å². The van der Waals surface area contributed by atoms with Gasteiger partial charge in [0, 0.05) is 99.7 Å². The Morgan fingerprint density at radius 1 is 0.318 bits per heavy atom. The van der Waals surface area contributed by atoms with Crippen molar-refractivity contribution in [2.75, 3.05) is 0 Å². The van der Waals surface area contributed by atoms with Crippen LogP contribution in [0, 0.1) is 49.4 Å². The number of hydrogen-bond donors (Lipinski definition) is 0. The molecule has 0 unspecified atom stereocenters. The second-order valence-corrected chi connectivity index (χ2v) is 15.5. The second kappa shape index (κ2) is 20.4. The second-order valence-electron chi connectivity index (χ2n) is 15.5. The smallest absolute Gasteiger partial charge is 0.179 e. The first-order valence-electron chi connectivity index (χ1n) is 21.1. The van der Waals surface area contributed by atoms with Gasteiger partial charge in [0.05, 0.1) is 16.7 Å². The van der Waals surface area contributed by atoms with Crippen LogP contribution in [0.4, 0.5) is 0 Å². The SMILES string of the molecule is O=C(c1ccccc1)C(C(=O)c1ccccc1)c1nc2c(ccc3ncccc32)c(C(C(=O)c2ccccc2)C(=O)c2ccccc2)c1C(C(=O)c1ccccc1)C(=O)c1ccccc1.[Eu]. The number of pyridine rings is 2. The molecule has 0 aliphatic heterocycles. The van der Waals surface area contributed by atoms with Crippen molar-refractivity contribution in [1.82, 2.24) is 9.97 Å². The summed E-state index contributed by atoms with van der Waals surface area (Å²) in [6.45, 7) is 0. The van der Waals surface area contributed by atoms with Crippen molar-refractivity contribution in [2.45, 2.75) is 17.8 Å². The van der Waals surface area contributed by atoms with Crippen LogP contribution in [0.5, 0.6) is 0 Å². The Kier molecular flexibility index (Phi) is 14.1. The zero-order valence-corrected chi connectivity index (χ0v) is 37.6. The molecule has 2 aromatic heterocycles. The molecule has 0 amide bonds. The van der Waals surface area contributed by atoms with Crippen molar-refractivity contribution < 1.29 is 78.1 Å². The Balaban J connectivity index is 0.00000592. The Hall–Kier alpha value is -7.04. The molecule has 0 aliphatic carbocycles. The summed E-state index contributed by atoms with van der Waals surface area (Å²) < 4.78 is 0. The molecule has 0 aliphatic rings. The number of aromatic nitrogens is 2. The number of carbonyl (C=O) groups excluding carboxylic acids is 6. The van der Waals surface area contributed by atoms with E-state index in [1.165, 1.54) is 0 Å². The normalized spacial score (nSPS) is 11.1. The standard InChI is InChI=1S/C57H38N2O6.Eu/c60-52(36-20-7-1-8-21-36)47(53(61)37-22-9-2-10-23-37)45-43-33-34-44-42(32-19-35-58-44)50(43)59-51(49(56(64)40-28-15-5-16-29-40)57(65)41-30-17-6-18-31-41)46(45)48(54(62)38-24-11-3-12-25-38)55(63)39-26-13-4-14-27-39;/h1-35,47-49H;. The number of benzene rings is 7. The van der Waals surface area contributed by atoms with Crippen LogP contribution in [-0.4, -0.2) is 44.7 Å². The molecule has 0 saturated carbocycles. The van der Waals surface area contributed by atoms with Gasteiger partial charge in [-0.1, -0.05) is 188 Å². The number of carbonyl (C=O) groups is 6. The predicted octanol–water partition coefficient (Wildman–Crippen LogP) is 11.3. The minimum atomic E-state index is -1.84. The van der Waals surface area contributed by atoms with Crippen molar-refractivity contribution in [3.8, 4) is 0 Å². The average Bonchev–Trinajstić information content (AvgIpc) is 3.38. The summed E-state index contributed by atoms with van der Waals surface area (Å²) in [4.78, 5) is 103. The zero-order valence-electron chi connectivity index (χ0n) is 35.2. The fraction of sp³-hybridized carbons (Fsp3) is 0.0526. The Labute approximate surface area is 421 Å². The molecule has 7 aromatic carbocycles. The van der Waals surface area contributed by atoms with E-state index in [-0.39, 0.29) is 110 Å². The Morgan fingerprint density at radius 3 is 0.985 bits per heavy atom. The monoisotopic (exact) mass is 999 g/mol. The zero-order chi connectivity index (χ0) is 44.9. The summed E-state index contributed by atoms with van der Waals surface area (Å²) in [6, 6.07) is 56.4. The first-order valence-corrected chi connectivity index (χ1v) is 21.1. The summed E-state index contributed by atoms with van der Waals surface area (Å²) in [5.74, 6) is -9.36. The minimum absolute atomic E-state index is 0. The molecule has 9 aromatic rings. The van der Waals surface area contributed by atoms with Gasteiger partial charge in [-0.2, -0.15) is 0 Å². The third-order valence-corrected chi connectivity index (χ3v) is 11.6. The number of fused-ring (bicyclic) bond motifs is 3. The van der Waals surface area contributed by atoms with Crippen LogP contribution < -0.4 is 0 Å². The largest absolute Gasteiger partial charge is 0.293 e. The van der Waals surface area contributed by atoms with Crippen molar-refractivity contribution in [1.29, 1.82) is 0 Å². The minimum Gasteiger partial charge on any atom is -0.293 e. The fourth-order valence-corrected chi connectivity index (χ4v) is 8.52. The molecule has 0 N–H and O–H groups in total. The van der Waals surface area contributed by atoms with Gasteiger partial charge < -0.3 is 0 Å². The van der Waals surface area contributed by atoms with Gasteiger partial charge in [0.15, 0.2) is 34.7 Å². The first kappa shape index (κ1) is 45.5. The number of hydrogen-bond acceptors (Lipinski definition) is 8. The van der Waals surface area contributed by atoms with E-state index in [0.29, 0.717) is 10.9 Å². The van der Waals surface area contributed by atoms with E-state index in [0.717, 1.165) is 0 Å². The van der Waals surface area contributed by atoms with Gasteiger partial charge in [0.25, 0.3) is 0 Å². The number of nitrogens with zero attached hydrogens (tertiary/aromatic N) is 2. The molecule has 66 heavy (non-hydrogen) atoms. The molecule has 0 fully saturated rings. The quantitative estimate of drug-likeness (QED) is 0.0564. The molecule has 9 heteroatoms. The van der Waals surface area contributed by atoms with E-state index in [1.54, 1.807) is 212 Å². The number of Topliss-reactive ketones (excluding diaryl/α,β-unsaturated/α-hetero) is 6. The summed E-state index contributed by atoms with van der Waals surface area (Å²) in [5, 5.41) is 0.739. The van der Waals surface area contributed by atoms with Gasteiger partial charge >= 0.3 is 0 Å². The Morgan fingerprint density at radius 2 is 0.636 bits per heavy atom. The van der Waals surface area contributed by atoms with E-state index in [4.69, 9.17) is 4.98 Å². The van der Waals surface area contributed by atoms with E-state index >= 15 is 28.8 Å². The number of rotatable bonds is 15. The summed E-state index contributed by atoms with van der Waals surface area (Å²) in [6.07, 6.45) is 1.61. The average molecular weight is 999 g/mol. The molecule has 319 valence electrons. The summed E-state index contributed by atoms with van der Waals surface area (Å²) in [7, 11) is 0. The third kappa shape index (κ3) is 8.98. The predicted molar refractivity (Wildman–Crippen MR) is 250 cm³/mol. The van der Waals surface area contributed by atoms with E-state index < -0.39 is 52.5 Å². The van der Waals surface area contributed by atoms with E-state index in [9.17, 15) is 0 Å². The maximum atomic E-state index is 15.6. The molecule has 1 radical (unpaired) electrons. The van der Waals surface area contributed by atoms with Gasteiger partial charge in [-0.15, -0.1) is 0 Å². The molecule has 8 nitrogen and oxygen atoms in total. The molecule has 2 heterocycles. The van der Waals surface area contributed by atoms with Crippen LogP contribution in [-0.2, 0) is 0 Å². The summed E-state index contributed by atoms with van der Waals surface area (Å²) in [5.41, 5.74) is 1.22. The van der Waals surface area contributed by atoms with Crippen LogP contribution in [0.25, 0.3) is 21.8 Å². The van der Waals surface area contributed by atoms with Crippen LogP contribution in [0.1, 0.15) is 96.7 Å². The summed E-state index contributed by atoms with van der Waals surface area (Å²) >= 11 is 0. The molecular weight excluding hydrogens is 961 g/mol. The molecular formula is C57H38EuN2O6. The van der Waals surface area contributed by atoms with Crippen LogP contribution >= 0.6 is 0 Å². The Bertz CT molecular complexity index is 3100. The maximum Gasteiger partial charge on any atom is 0.179 e. The fourth-order valence-electron chi connectivity index (χ4n) is 8.52. The van der Waals surface area contributed by atoms with Crippen molar-refractivity contribution in [3.05, 3.63) is 263 Å². The maximum absolute atomic E-state index is 15.6. The molecule has 9 rings (SSSR count). The van der Waals surface area contributed by atoms with E-state index in [1.807, 2.05) is 0 Å². The molecule has 0 atom stereocenters. The first-order chi connectivity index (χ1) is 31.8. The molecule has 0 saturated heterocycles. The molecule has 0 spiro atoms. The topological polar surface area (TPSA) is 128 Å². The van der Waals surface area contributed by atoms with Gasteiger partial charge in [-0.3, -0.25) is 38.7 Å². The number of ketones is 6. The third-order valence-electron chi connectivity index (χ3n) is 11.6. The van der Waals surface area contributed by atoms with Crippen LogP contribution in [0.3, 0.4) is 0 Å². The molecule has 0 bridgehead atoms. The van der Waals surface area contributed by atoms with Crippen LogP contribution in [0.15, 0.2) is 212 Å². The van der Waals surface area contributed by atoms with Gasteiger partial charge in [0.1, 0.15) is 17.8 Å². The van der Waals surface area contributed by atoms with Crippen molar-refractivity contribution in [2.24, 2.45) is 0 Å². The van der Waals surface area contributed by atoms with Gasteiger partial charge in [-0.25, -0.2) is 0 Å². The van der Waals surface area contributed by atoms with Gasteiger partial charge in [-0.05, 0) is 29.3 Å². The van der Waals surface area contributed by atoms with Crippen molar-refractivity contribution in [3.63, 3.8) is 0 Å². The van der Waals surface area contributed by atoms with Crippen molar-refractivity contribution >= 4 is 56.5 Å². The van der Waals surface area contributed by atoms with E-state index in [2.05, 4.69) is 4.98 Å². The van der Waals surface area contributed by atoms with Gasteiger partial charge in [0.2, 0.25) is 0 Å².